The van der Waals surface area contributed by atoms with Crippen LogP contribution in [0.3, 0.4) is 0 Å². The van der Waals surface area contributed by atoms with Crippen molar-refractivity contribution in [3.63, 3.8) is 0 Å². The summed E-state index contributed by atoms with van der Waals surface area (Å²) in [7, 11) is 0. The van der Waals surface area contributed by atoms with E-state index in [1.807, 2.05) is 0 Å². The lowest BCUT2D eigenvalue weighted by molar-refractivity contribution is 0.380. The summed E-state index contributed by atoms with van der Waals surface area (Å²) in [5, 5.41) is 0. The van der Waals surface area contributed by atoms with E-state index in [9.17, 15) is 4.39 Å². The van der Waals surface area contributed by atoms with E-state index < -0.39 is 6.67 Å². The number of anilines is 1. The maximum absolute atomic E-state index is 12.7. The summed E-state index contributed by atoms with van der Waals surface area (Å²) in [6.07, 6.45) is 3.45. The van der Waals surface area contributed by atoms with Gasteiger partial charge in [0.05, 0.1) is 0 Å². The Labute approximate surface area is 109 Å². The molecule has 0 saturated carbocycles. The molecular formula is C15H23FN2. The molecule has 1 saturated heterocycles. The van der Waals surface area contributed by atoms with Crippen LogP contribution in [0, 0.1) is 0 Å². The second-order valence-electron chi connectivity index (χ2n) is 5.12. The molecule has 2 nitrogen and oxygen atoms in total. The fourth-order valence-corrected chi connectivity index (χ4v) is 2.80. The van der Waals surface area contributed by atoms with Gasteiger partial charge in [-0.25, -0.2) is 4.39 Å². The van der Waals surface area contributed by atoms with Crippen LogP contribution in [0.1, 0.15) is 37.7 Å². The van der Waals surface area contributed by atoms with E-state index in [2.05, 4.69) is 36.1 Å². The quantitative estimate of drug-likeness (QED) is 0.870. The molecular weight excluding hydrogens is 227 g/mol. The van der Waals surface area contributed by atoms with Gasteiger partial charge in [0.1, 0.15) is 6.67 Å². The van der Waals surface area contributed by atoms with Gasteiger partial charge >= 0.3 is 0 Å². The van der Waals surface area contributed by atoms with Gasteiger partial charge in [0.2, 0.25) is 0 Å². The van der Waals surface area contributed by atoms with Gasteiger partial charge in [0, 0.05) is 30.7 Å². The maximum atomic E-state index is 12.7. The summed E-state index contributed by atoms with van der Waals surface area (Å²) in [4.78, 5) is 2.40. The van der Waals surface area contributed by atoms with Crippen LogP contribution in [0.2, 0.25) is 0 Å². The van der Waals surface area contributed by atoms with Crippen molar-refractivity contribution in [1.82, 2.24) is 0 Å². The molecule has 1 aromatic rings. The topological polar surface area (TPSA) is 29.3 Å². The molecule has 2 rings (SSSR count). The summed E-state index contributed by atoms with van der Waals surface area (Å²) in [5.74, 6) is 0.127. The molecule has 0 spiro atoms. The predicted molar refractivity (Wildman–Crippen MR) is 74.9 cm³/mol. The number of halogens is 1. The average Bonchev–Trinajstić information content (AvgIpc) is 2.94. The molecule has 0 aliphatic carbocycles. The molecule has 2 atom stereocenters. The maximum Gasteiger partial charge on any atom is 0.105 e. The molecule has 1 aromatic carbocycles. The van der Waals surface area contributed by atoms with Crippen molar-refractivity contribution in [3.05, 3.63) is 29.8 Å². The van der Waals surface area contributed by atoms with Gasteiger partial charge in [0.15, 0.2) is 0 Å². The van der Waals surface area contributed by atoms with Crippen molar-refractivity contribution in [1.29, 1.82) is 0 Å². The third kappa shape index (κ3) is 2.83. The predicted octanol–water partition coefficient (Wildman–Crippen LogP) is 3.08. The number of hydrogen-bond donors (Lipinski definition) is 1. The van der Waals surface area contributed by atoms with Gasteiger partial charge in [-0.05, 0) is 37.0 Å². The van der Waals surface area contributed by atoms with Crippen LogP contribution in [-0.2, 0) is 0 Å². The largest absolute Gasteiger partial charge is 0.372 e. The van der Waals surface area contributed by atoms with Crippen molar-refractivity contribution >= 4 is 5.69 Å². The molecule has 1 aliphatic rings. The smallest absolute Gasteiger partial charge is 0.105 e. The van der Waals surface area contributed by atoms with Gasteiger partial charge in [-0.2, -0.15) is 0 Å². The van der Waals surface area contributed by atoms with Crippen LogP contribution < -0.4 is 10.6 Å². The van der Waals surface area contributed by atoms with Crippen LogP contribution in [0.4, 0.5) is 10.1 Å². The fraction of sp³-hybridized carbons (Fsp3) is 0.600. The van der Waals surface area contributed by atoms with Gasteiger partial charge in [-0.15, -0.1) is 0 Å². The minimum atomic E-state index is -0.452. The third-order valence-corrected chi connectivity index (χ3v) is 3.93. The molecule has 2 N–H and O–H groups in total. The third-order valence-electron chi connectivity index (χ3n) is 3.93. The Kier molecular flexibility index (Phi) is 4.59. The number of alkyl halides is 1. The van der Waals surface area contributed by atoms with Crippen LogP contribution >= 0.6 is 0 Å². The van der Waals surface area contributed by atoms with Crippen molar-refractivity contribution < 1.29 is 4.39 Å². The standard InChI is InChI=1S/C15H23FN2/c1-2-14(15(17)11-16)12-5-7-13(8-6-12)18-9-3-4-10-18/h5-8,14-15H,2-4,9-11,17H2,1H3. The molecule has 1 heterocycles. The lowest BCUT2D eigenvalue weighted by Gasteiger charge is -2.22. The summed E-state index contributed by atoms with van der Waals surface area (Å²) in [6, 6.07) is 8.13. The van der Waals surface area contributed by atoms with E-state index in [1.165, 1.54) is 18.5 Å². The first-order valence-electron chi connectivity index (χ1n) is 6.92. The zero-order valence-corrected chi connectivity index (χ0v) is 11.1. The number of rotatable bonds is 5. The average molecular weight is 250 g/mol. The molecule has 18 heavy (non-hydrogen) atoms. The first kappa shape index (κ1) is 13.3. The SMILES string of the molecule is CCC(c1ccc(N2CCCC2)cc1)C(N)CF. The molecule has 0 amide bonds. The summed E-state index contributed by atoms with van der Waals surface area (Å²) in [6.45, 7) is 3.92. The zero-order chi connectivity index (χ0) is 13.0. The number of hydrogen-bond acceptors (Lipinski definition) is 2. The highest BCUT2D eigenvalue weighted by Crippen LogP contribution is 2.26. The van der Waals surface area contributed by atoms with E-state index in [0.717, 1.165) is 25.1 Å². The minimum absolute atomic E-state index is 0.127. The Bertz CT molecular complexity index is 357. The molecule has 0 bridgehead atoms. The Hall–Kier alpha value is -1.09. The van der Waals surface area contributed by atoms with E-state index >= 15 is 0 Å². The van der Waals surface area contributed by atoms with E-state index in [1.54, 1.807) is 0 Å². The fourth-order valence-electron chi connectivity index (χ4n) is 2.80. The molecule has 1 fully saturated rings. The second kappa shape index (κ2) is 6.19. The van der Waals surface area contributed by atoms with Crippen molar-refractivity contribution in [2.24, 2.45) is 5.73 Å². The van der Waals surface area contributed by atoms with Crippen LogP contribution in [0.15, 0.2) is 24.3 Å². The molecule has 2 unspecified atom stereocenters. The highest BCUT2D eigenvalue weighted by atomic mass is 19.1. The Morgan fingerprint density at radius 2 is 1.83 bits per heavy atom. The Balaban J connectivity index is 2.10. The van der Waals surface area contributed by atoms with Gasteiger partial charge in [-0.1, -0.05) is 19.1 Å². The Morgan fingerprint density at radius 1 is 1.22 bits per heavy atom. The van der Waals surface area contributed by atoms with E-state index in [0.29, 0.717) is 0 Å². The lowest BCUT2D eigenvalue weighted by Crippen LogP contribution is -2.30. The van der Waals surface area contributed by atoms with Crippen molar-refractivity contribution in [3.8, 4) is 0 Å². The van der Waals surface area contributed by atoms with Gasteiger partial charge in [0.25, 0.3) is 0 Å². The number of nitrogens with zero attached hydrogens (tertiary/aromatic N) is 1. The number of benzene rings is 1. The van der Waals surface area contributed by atoms with Crippen molar-refractivity contribution in [2.45, 2.75) is 38.1 Å². The summed E-state index contributed by atoms with van der Waals surface area (Å²) >= 11 is 0. The highest BCUT2D eigenvalue weighted by Gasteiger charge is 2.18. The minimum Gasteiger partial charge on any atom is -0.372 e. The molecule has 0 radical (unpaired) electrons. The molecule has 0 aromatic heterocycles. The monoisotopic (exact) mass is 250 g/mol. The summed E-state index contributed by atoms with van der Waals surface area (Å²) in [5.41, 5.74) is 8.27. The zero-order valence-electron chi connectivity index (χ0n) is 11.1. The first-order chi connectivity index (χ1) is 8.76. The normalized spacial score (nSPS) is 18.9. The van der Waals surface area contributed by atoms with Crippen molar-refractivity contribution in [2.75, 3.05) is 24.7 Å². The highest BCUT2D eigenvalue weighted by molar-refractivity contribution is 5.48. The van der Waals surface area contributed by atoms with E-state index in [4.69, 9.17) is 5.73 Å². The van der Waals surface area contributed by atoms with E-state index in [-0.39, 0.29) is 12.0 Å². The molecule has 100 valence electrons. The van der Waals surface area contributed by atoms with Gasteiger partial charge < -0.3 is 10.6 Å². The second-order valence-corrected chi connectivity index (χ2v) is 5.12. The first-order valence-corrected chi connectivity index (χ1v) is 6.92. The van der Waals surface area contributed by atoms with Crippen LogP contribution in [0.5, 0.6) is 0 Å². The molecule has 3 heteroatoms. The summed E-state index contributed by atoms with van der Waals surface area (Å²) < 4.78 is 12.7. The lowest BCUT2D eigenvalue weighted by atomic mass is 9.90. The number of nitrogens with two attached hydrogens (primary N) is 1. The van der Waals surface area contributed by atoms with Crippen LogP contribution in [0.25, 0.3) is 0 Å². The van der Waals surface area contributed by atoms with Crippen LogP contribution in [-0.4, -0.2) is 25.8 Å². The molecule has 1 aliphatic heterocycles. The Morgan fingerprint density at radius 3 is 2.33 bits per heavy atom. The van der Waals surface area contributed by atoms with Gasteiger partial charge in [-0.3, -0.25) is 0 Å².